The number of nitrogens with zero attached hydrogens (tertiary/aromatic N) is 1. The summed E-state index contributed by atoms with van der Waals surface area (Å²) in [5.41, 5.74) is 1.19. The molecular formula is C20H29BFNO2. The first kappa shape index (κ1) is 20.0. The van der Waals surface area contributed by atoms with Gasteiger partial charge in [0.15, 0.2) is 0 Å². The third kappa shape index (κ3) is 6.14. The summed E-state index contributed by atoms with van der Waals surface area (Å²) in [6.07, 6.45) is 8.18. The van der Waals surface area contributed by atoms with Crippen LogP contribution in [0.3, 0.4) is 0 Å². The summed E-state index contributed by atoms with van der Waals surface area (Å²) in [7, 11) is 5.08. The Balaban J connectivity index is 1.90. The summed E-state index contributed by atoms with van der Waals surface area (Å²) >= 11 is 0. The molecule has 25 heavy (non-hydrogen) atoms. The summed E-state index contributed by atoms with van der Waals surface area (Å²) in [5, 5.41) is 0. The second-order valence-electron chi connectivity index (χ2n) is 7.02. The minimum Gasteiger partial charge on any atom is -0.543 e. The van der Waals surface area contributed by atoms with Crippen molar-refractivity contribution < 1.29 is 13.8 Å². The molecule has 1 saturated heterocycles. The van der Waals surface area contributed by atoms with Gasteiger partial charge in [0.05, 0.1) is 5.92 Å². The molecule has 1 heterocycles. The van der Waals surface area contributed by atoms with E-state index in [1.165, 1.54) is 18.4 Å². The lowest BCUT2D eigenvalue weighted by Crippen LogP contribution is -2.34. The Bertz CT molecular complexity index is 523. The van der Waals surface area contributed by atoms with Crippen LogP contribution < -0.4 is 0 Å². The molecule has 0 N–H and O–H groups in total. The molecule has 2 radical (unpaired) electrons. The van der Waals surface area contributed by atoms with Crippen LogP contribution in [0.15, 0.2) is 24.3 Å². The number of carbonyl (C=O) groups is 1. The predicted octanol–water partition coefficient (Wildman–Crippen LogP) is 4.57. The highest BCUT2D eigenvalue weighted by atomic mass is 19.1. The van der Waals surface area contributed by atoms with Gasteiger partial charge in [-0.15, -0.1) is 0 Å². The number of piperidine rings is 1. The highest BCUT2D eigenvalue weighted by molar-refractivity contribution is 6.05. The Labute approximate surface area is 152 Å². The van der Waals surface area contributed by atoms with Crippen LogP contribution in [0.25, 0.3) is 0 Å². The third-order valence-corrected chi connectivity index (χ3v) is 5.22. The van der Waals surface area contributed by atoms with E-state index in [1.54, 1.807) is 12.1 Å². The molecule has 2 atom stereocenters. The minimum absolute atomic E-state index is 0.0981. The van der Waals surface area contributed by atoms with E-state index in [-0.39, 0.29) is 17.7 Å². The molecule has 136 valence electrons. The van der Waals surface area contributed by atoms with Crippen molar-refractivity contribution in [1.82, 2.24) is 4.90 Å². The van der Waals surface area contributed by atoms with Crippen LogP contribution in [-0.2, 0) is 9.45 Å². The first-order valence-corrected chi connectivity index (χ1v) is 9.55. The smallest absolute Gasteiger partial charge is 0.378 e. The Kier molecular flexibility index (Phi) is 8.46. The molecule has 0 aromatic heterocycles. The molecule has 2 unspecified atom stereocenters. The number of unbranched alkanes of at least 4 members (excludes halogenated alkanes) is 1. The van der Waals surface area contributed by atoms with E-state index >= 15 is 0 Å². The number of rotatable bonds is 9. The first-order chi connectivity index (χ1) is 12.2. The second-order valence-corrected chi connectivity index (χ2v) is 7.02. The van der Waals surface area contributed by atoms with Crippen molar-refractivity contribution in [3.05, 3.63) is 35.6 Å². The van der Waals surface area contributed by atoms with E-state index in [4.69, 9.17) is 8.05 Å². The average Bonchev–Trinajstić information content (AvgIpc) is 2.65. The molecule has 0 bridgehead atoms. The highest BCUT2D eigenvalue weighted by Gasteiger charge is 2.24. The van der Waals surface area contributed by atoms with Crippen molar-refractivity contribution >= 4 is 14.0 Å². The van der Waals surface area contributed by atoms with Gasteiger partial charge >= 0.3 is 8.05 Å². The summed E-state index contributed by atoms with van der Waals surface area (Å²) in [4.78, 5) is 14.3. The zero-order chi connectivity index (χ0) is 18.1. The molecule has 1 aromatic rings. The molecule has 3 nitrogen and oxygen atoms in total. The summed E-state index contributed by atoms with van der Waals surface area (Å²) < 4.78 is 17.7. The molecule has 0 saturated carbocycles. The zero-order valence-corrected chi connectivity index (χ0v) is 15.3. The van der Waals surface area contributed by atoms with Crippen LogP contribution in [-0.4, -0.2) is 32.0 Å². The van der Waals surface area contributed by atoms with Crippen molar-refractivity contribution in [1.29, 1.82) is 0 Å². The van der Waals surface area contributed by atoms with Gasteiger partial charge in [-0.25, -0.2) is 4.39 Å². The molecule has 1 fully saturated rings. The summed E-state index contributed by atoms with van der Waals surface area (Å²) in [6.45, 7) is 4.12. The molecule has 0 aliphatic carbocycles. The first-order valence-electron chi connectivity index (χ1n) is 9.55. The fourth-order valence-electron chi connectivity index (χ4n) is 3.79. The standard InChI is InChI=1S/C20H29BFNO2/c1-2-3-7-17(20(24)25-21)8-6-15-23-14-5-4-9-19(23)16-10-12-18(22)13-11-16/h10-13,17,19H,2-9,14-15H2,1H3. The Morgan fingerprint density at radius 2 is 2.00 bits per heavy atom. The SMILES string of the molecule is [B]OC(=O)C(CCCC)CCCN1CCCCC1c1ccc(F)cc1. The Hall–Kier alpha value is -1.36. The maximum atomic E-state index is 13.2. The lowest BCUT2D eigenvalue weighted by atomic mass is 9.93. The van der Waals surface area contributed by atoms with Gasteiger partial charge in [-0.1, -0.05) is 38.3 Å². The van der Waals surface area contributed by atoms with Gasteiger partial charge in [-0.2, -0.15) is 0 Å². The van der Waals surface area contributed by atoms with Gasteiger partial charge in [0, 0.05) is 6.04 Å². The van der Waals surface area contributed by atoms with Crippen molar-refractivity contribution in [2.45, 2.75) is 64.3 Å². The van der Waals surface area contributed by atoms with E-state index in [0.717, 1.165) is 51.6 Å². The van der Waals surface area contributed by atoms with Crippen molar-refractivity contribution in [2.75, 3.05) is 13.1 Å². The highest BCUT2D eigenvalue weighted by Crippen LogP contribution is 2.31. The molecule has 1 aromatic carbocycles. The number of benzene rings is 1. The third-order valence-electron chi connectivity index (χ3n) is 5.22. The van der Waals surface area contributed by atoms with Gasteiger partial charge in [0.2, 0.25) is 0 Å². The molecule has 2 rings (SSSR count). The van der Waals surface area contributed by atoms with Crippen molar-refractivity contribution in [3.63, 3.8) is 0 Å². The van der Waals surface area contributed by atoms with Gasteiger partial charge in [-0.05, 0) is 62.9 Å². The maximum absolute atomic E-state index is 13.2. The molecule has 1 aliphatic rings. The molecule has 1 aliphatic heterocycles. The number of likely N-dealkylation sites (tertiary alicyclic amines) is 1. The quantitative estimate of drug-likeness (QED) is 0.614. The number of hydrogen-bond donors (Lipinski definition) is 0. The maximum Gasteiger partial charge on any atom is 0.378 e. The Morgan fingerprint density at radius 3 is 2.68 bits per heavy atom. The second kappa shape index (κ2) is 10.6. The average molecular weight is 345 g/mol. The van der Waals surface area contributed by atoms with E-state index in [1.807, 2.05) is 12.1 Å². The van der Waals surface area contributed by atoms with E-state index in [2.05, 4.69) is 16.5 Å². The van der Waals surface area contributed by atoms with Crippen LogP contribution in [0, 0.1) is 11.7 Å². The topological polar surface area (TPSA) is 29.5 Å². The molecule has 5 heteroatoms. The minimum atomic E-state index is -0.290. The van der Waals surface area contributed by atoms with Gasteiger partial charge < -0.3 is 4.65 Å². The lowest BCUT2D eigenvalue weighted by Gasteiger charge is -2.36. The van der Waals surface area contributed by atoms with Crippen LogP contribution in [0.4, 0.5) is 4.39 Å². The predicted molar refractivity (Wildman–Crippen MR) is 98.7 cm³/mol. The van der Waals surface area contributed by atoms with Crippen LogP contribution >= 0.6 is 0 Å². The van der Waals surface area contributed by atoms with Gasteiger partial charge in [0.25, 0.3) is 5.97 Å². The molecular weight excluding hydrogens is 316 g/mol. The Morgan fingerprint density at radius 1 is 1.28 bits per heavy atom. The van der Waals surface area contributed by atoms with Crippen LogP contribution in [0.2, 0.25) is 0 Å². The number of hydrogen-bond acceptors (Lipinski definition) is 3. The monoisotopic (exact) mass is 345 g/mol. The van der Waals surface area contributed by atoms with E-state index in [9.17, 15) is 9.18 Å². The van der Waals surface area contributed by atoms with Crippen LogP contribution in [0.5, 0.6) is 0 Å². The number of carbonyl (C=O) groups excluding carboxylic acids is 1. The fraction of sp³-hybridized carbons (Fsp3) is 0.650. The number of halogens is 1. The normalized spacial score (nSPS) is 19.5. The summed E-state index contributed by atoms with van der Waals surface area (Å²) in [5.74, 6) is -0.577. The largest absolute Gasteiger partial charge is 0.543 e. The van der Waals surface area contributed by atoms with Crippen LogP contribution in [0.1, 0.15) is 69.9 Å². The molecule has 0 spiro atoms. The van der Waals surface area contributed by atoms with Crippen molar-refractivity contribution in [3.8, 4) is 0 Å². The summed E-state index contributed by atoms with van der Waals surface area (Å²) in [6, 6.07) is 7.23. The van der Waals surface area contributed by atoms with Gasteiger partial charge in [-0.3, -0.25) is 9.69 Å². The van der Waals surface area contributed by atoms with E-state index < -0.39 is 0 Å². The van der Waals surface area contributed by atoms with E-state index in [0.29, 0.717) is 6.04 Å². The van der Waals surface area contributed by atoms with Gasteiger partial charge in [0.1, 0.15) is 5.82 Å². The van der Waals surface area contributed by atoms with Crippen molar-refractivity contribution in [2.24, 2.45) is 5.92 Å². The zero-order valence-electron chi connectivity index (χ0n) is 15.3. The molecule has 0 amide bonds. The fourth-order valence-corrected chi connectivity index (χ4v) is 3.79. The lowest BCUT2D eigenvalue weighted by molar-refractivity contribution is -0.139.